The minimum Gasteiger partial charge on any atom is -0.508 e. The number of aromatic nitrogens is 2. The van der Waals surface area contributed by atoms with Crippen LogP contribution in [-0.4, -0.2) is 38.2 Å². The number of phenolic OH excluding ortho intramolecular Hbond substituents is 1. The molecule has 5 nitrogen and oxygen atoms in total. The van der Waals surface area contributed by atoms with Crippen LogP contribution in [-0.2, 0) is 37.6 Å². The Bertz CT molecular complexity index is 1130. The van der Waals surface area contributed by atoms with Gasteiger partial charge in [-0.15, -0.1) is 0 Å². The SMILES string of the molecule is Cc1c2c(nn1CC1CCCCC1)C[C@]13CCN[C@H](Cc4ccc(O)c(CC5CC5)c41)[C@]3(O)C2. The summed E-state index contributed by atoms with van der Waals surface area (Å²) in [6, 6.07) is 4.09. The van der Waals surface area contributed by atoms with Crippen LogP contribution in [0.4, 0.5) is 0 Å². The van der Waals surface area contributed by atoms with Crippen molar-refractivity contribution in [2.24, 2.45) is 11.8 Å². The molecule has 3 fully saturated rings. The van der Waals surface area contributed by atoms with Crippen LogP contribution in [0.1, 0.15) is 85.0 Å². The van der Waals surface area contributed by atoms with Gasteiger partial charge in [-0.2, -0.15) is 5.10 Å². The van der Waals surface area contributed by atoms with Gasteiger partial charge in [-0.05, 0) is 98.6 Å². The third-order valence-corrected chi connectivity index (χ3v) is 10.3. The summed E-state index contributed by atoms with van der Waals surface area (Å²) in [6.45, 7) is 4.17. The van der Waals surface area contributed by atoms with Gasteiger partial charge in [0.05, 0.1) is 11.3 Å². The van der Waals surface area contributed by atoms with Gasteiger partial charge in [-0.1, -0.05) is 25.3 Å². The largest absolute Gasteiger partial charge is 0.508 e. The molecule has 2 aromatic rings. The molecule has 34 heavy (non-hydrogen) atoms. The van der Waals surface area contributed by atoms with Crippen molar-refractivity contribution in [3.05, 3.63) is 45.8 Å². The second-order valence-corrected chi connectivity index (χ2v) is 12.3. The second kappa shape index (κ2) is 7.57. The van der Waals surface area contributed by atoms with E-state index in [1.165, 1.54) is 73.0 Å². The Morgan fingerprint density at radius 1 is 1.09 bits per heavy atom. The van der Waals surface area contributed by atoms with Gasteiger partial charge in [-0.3, -0.25) is 4.68 Å². The molecule has 1 aliphatic heterocycles. The van der Waals surface area contributed by atoms with Gasteiger partial charge in [0, 0.05) is 36.5 Å². The highest BCUT2D eigenvalue weighted by Gasteiger charge is 2.64. The Labute approximate surface area is 203 Å². The molecule has 1 aromatic carbocycles. The van der Waals surface area contributed by atoms with Crippen LogP contribution in [0.15, 0.2) is 12.1 Å². The zero-order valence-corrected chi connectivity index (χ0v) is 20.6. The first-order valence-corrected chi connectivity index (χ1v) is 13.8. The quantitative estimate of drug-likeness (QED) is 0.641. The number of phenols is 1. The van der Waals surface area contributed by atoms with Gasteiger partial charge in [0.15, 0.2) is 0 Å². The summed E-state index contributed by atoms with van der Waals surface area (Å²) in [7, 11) is 0. The standard InChI is InChI=1S/C29H39N3O2/c1-18-23-15-29(34)26-14-21-9-10-25(33)22(13-19-7-8-19)27(21)28(29,11-12-30-26)16-24(23)31-32(18)17-20-5-3-2-4-6-20/h9-10,19-20,26,30,33-34H,2-8,11-17H2,1H3/t26-,28-,29-/m1/s1. The van der Waals surface area contributed by atoms with Gasteiger partial charge < -0.3 is 15.5 Å². The zero-order chi connectivity index (χ0) is 23.1. The number of piperidine rings is 1. The monoisotopic (exact) mass is 461 g/mol. The van der Waals surface area contributed by atoms with Crippen LogP contribution >= 0.6 is 0 Å². The number of hydrogen-bond donors (Lipinski definition) is 3. The molecule has 0 amide bonds. The predicted molar refractivity (Wildman–Crippen MR) is 132 cm³/mol. The fourth-order valence-corrected chi connectivity index (χ4v) is 8.24. The van der Waals surface area contributed by atoms with Crippen molar-refractivity contribution in [1.29, 1.82) is 0 Å². The Kier molecular flexibility index (Phi) is 4.77. The second-order valence-electron chi connectivity index (χ2n) is 12.3. The summed E-state index contributed by atoms with van der Waals surface area (Å²) in [5.74, 6) is 1.86. The lowest BCUT2D eigenvalue weighted by atomic mass is 9.49. The lowest BCUT2D eigenvalue weighted by Crippen LogP contribution is -2.73. The molecule has 2 bridgehead atoms. The van der Waals surface area contributed by atoms with Gasteiger partial charge >= 0.3 is 0 Å². The molecule has 7 rings (SSSR count). The van der Waals surface area contributed by atoms with Crippen molar-refractivity contribution in [3.63, 3.8) is 0 Å². The van der Waals surface area contributed by atoms with E-state index in [9.17, 15) is 10.2 Å². The number of nitrogens with zero attached hydrogens (tertiary/aromatic N) is 2. The van der Waals surface area contributed by atoms with Crippen molar-refractivity contribution >= 4 is 0 Å². The number of aliphatic hydroxyl groups is 1. The maximum absolute atomic E-state index is 12.6. The van der Waals surface area contributed by atoms with E-state index in [0.717, 1.165) is 50.3 Å². The number of hydrogen-bond acceptors (Lipinski definition) is 4. The molecular formula is C29H39N3O2. The van der Waals surface area contributed by atoms with Crippen LogP contribution in [0.2, 0.25) is 0 Å². The molecular weight excluding hydrogens is 422 g/mol. The fourth-order valence-electron chi connectivity index (χ4n) is 8.24. The predicted octanol–water partition coefficient (Wildman–Crippen LogP) is 4.12. The fraction of sp³-hybridized carbons (Fsp3) is 0.690. The first-order valence-electron chi connectivity index (χ1n) is 13.8. The normalized spacial score (nSPS) is 32.7. The highest BCUT2D eigenvalue weighted by atomic mass is 16.3. The van der Waals surface area contributed by atoms with E-state index in [1.54, 1.807) is 0 Å². The van der Waals surface area contributed by atoms with Crippen molar-refractivity contribution in [3.8, 4) is 5.75 Å². The van der Waals surface area contributed by atoms with Crippen LogP contribution in [0.3, 0.4) is 0 Å². The van der Waals surface area contributed by atoms with Crippen LogP contribution in [0.25, 0.3) is 0 Å². The smallest absolute Gasteiger partial charge is 0.119 e. The summed E-state index contributed by atoms with van der Waals surface area (Å²) in [5, 5.41) is 32.5. The van der Waals surface area contributed by atoms with Gasteiger partial charge in [0.2, 0.25) is 0 Å². The van der Waals surface area contributed by atoms with E-state index < -0.39 is 5.60 Å². The van der Waals surface area contributed by atoms with Crippen LogP contribution in [0.5, 0.6) is 5.75 Å². The van der Waals surface area contributed by atoms with E-state index in [-0.39, 0.29) is 11.5 Å². The zero-order valence-electron chi connectivity index (χ0n) is 20.6. The van der Waals surface area contributed by atoms with E-state index in [4.69, 9.17) is 5.10 Å². The first kappa shape index (κ1) is 21.4. The highest BCUT2D eigenvalue weighted by molar-refractivity contribution is 5.57. The molecule has 5 heteroatoms. The van der Waals surface area contributed by atoms with Crippen molar-refractivity contribution in [2.45, 2.75) is 108 Å². The van der Waals surface area contributed by atoms with Gasteiger partial charge in [0.1, 0.15) is 5.75 Å². The molecule has 5 aliphatic rings. The molecule has 1 aromatic heterocycles. The summed E-state index contributed by atoms with van der Waals surface area (Å²) in [6.07, 6.45) is 13.4. The van der Waals surface area contributed by atoms with Crippen molar-refractivity contribution in [1.82, 2.24) is 15.1 Å². The number of fused-ring (bicyclic) bond motifs is 2. The summed E-state index contributed by atoms with van der Waals surface area (Å²) < 4.78 is 2.28. The Morgan fingerprint density at radius 2 is 1.91 bits per heavy atom. The molecule has 2 saturated carbocycles. The van der Waals surface area contributed by atoms with E-state index in [0.29, 0.717) is 18.1 Å². The van der Waals surface area contributed by atoms with E-state index in [2.05, 4.69) is 23.0 Å². The molecule has 0 unspecified atom stereocenters. The van der Waals surface area contributed by atoms with Crippen LogP contribution < -0.4 is 5.32 Å². The number of benzene rings is 1. The highest BCUT2D eigenvalue weighted by Crippen LogP contribution is 2.57. The lowest BCUT2D eigenvalue weighted by molar-refractivity contribution is -0.106. The molecule has 2 heterocycles. The van der Waals surface area contributed by atoms with Crippen molar-refractivity contribution in [2.75, 3.05) is 6.54 Å². The molecule has 182 valence electrons. The molecule has 0 spiro atoms. The Hall–Kier alpha value is -1.85. The lowest BCUT2D eigenvalue weighted by Gasteiger charge is -2.61. The van der Waals surface area contributed by atoms with E-state index in [1.807, 2.05) is 6.07 Å². The minimum atomic E-state index is -0.833. The van der Waals surface area contributed by atoms with Crippen LogP contribution in [0, 0.1) is 18.8 Å². The molecule has 3 atom stereocenters. The Morgan fingerprint density at radius 3 is 2.71 bits per heavy atom. The topological polar surface area (TPSA) is 70.3 Å². The number of rotatable bonds is 4. The summed E-state index contributed by atoms with van der Waals surface area (Å²) >= 11 is 0. The maximum atomic E-state index is 12.6. The number of nitrogens with one attached hydrogen (secondary N) is 1. The van der Waals surface area contributed by atoms with Gasteiger partial charge in [0.25, 0.3) is 0 Å². The first-order chi connectivity index (χ1) is 16.5. The van der Waals surface area contributed by atoms with Gasteiger partial charge in [-0.25, -0.2) is 0 Å². The molecule has 4 aliphatic carbocycles. The van der Waals surface area contributed by atoms with Crippen molar-refractivity contribution < 1.29 is 10.2 Å². The maximum Gasteiger partial charge on any atom is 0.119 e. The average Bonchev–Trinajstić information content (AvgIpc) is 3.60. The molecule has 1 saturated heterocycles. The third kappa shape index (κ3) is 3.02. The van der Waals surface area contributed by atoms with E-state index >= 15 is 0 Å². The summed E-state index contributed by atoms with van der Waals surface area (Å²) in [4.78, 5) is 0. The Balaban J connectivity index is 1.34. The minimum absolute atomic E-state index is 0.0568. The third-order valence-electron chi connectivity index (χ3n) is 10.3. The molecule has 3 N–H and O–H groups in total. The molecule has 0 radical (unpaired) electrons. The average molecular weight is 462 g/mol. The summed E-state index contributed by atoms with van der Waals surface area (Å²) in [5.41, 5.74) is 6.30. The number of aromatic hydroxyl groups is 1.